The number of hydrogen-bond acceptors (Lipinski definition) is 5. The molecule has 8 heteroatoms. The SMILES string of the molecule is Cc1cccc(C(=O)Oc2ccccc2C=NNC(=O)c2[nH]c3ccc(N(C)C)cc3c2-c2ccccc2Cl)c1. The van der Waals surface area contributed by atoms with E-state index >= 15 is 0 Å². The van der Waals surface area contributed by atoms with Crippen LogP contribution in [0.3, 0.4) is 0 Å². The normalized spacial score (nSPS) is 11.1. The van der Waals surface area contributed by atoms with E-state index in [0.29, 0.717) is 33.2 Å². The minimum atomic E-state index is -0.479. The zero-order chi connectivity index (χ0) is 28.2. The Labute approximate surface area is 237 Å². The number of benzene rings is 4. The summed E-state index contributed by atoms with van der Waals surface area (Å²) in [5.74, 6) is -0.596. The molecule has 5 rings (SSSR count). The second kappa shape index (κ2) is 11.5. The molecule has 4 aromatic carbocycles. The molecule has 5 aromatic rings. The number of hydrogen-bond donors (Lipinski definition) is 2. The number of amides is 1. The summed E-state index contributed by atoms with van der Waals surface area (Å²) >= 11 is 6.56. The molecule has 1 heterocycles. The van der Waals surface area contributed by atoms with Crippen molar-refractivity contribution in [2.75, 3.05) is 19.0 Å². The number of aromatic amines is 1. The first-order valence-electron chi connectivity index (χ1n) is 12.6. The lowest BCUT2D eigenvalue weighted by molar-refractivity contribution is 0.0734. The second-order valence-corrected chi connectivity index (χ2v) is 9.88. The smallest absolute Gasteiger partial charge is 0.343 e. The van der Waals surface area contributed by atoms with Gasteiger partial charge in [-0.05, 0) is 55.5 Å². The van der Waals surface area contributed by atoms with Crippen LogP contribution >= 0.6 is 11.6 Å². The maximum Gasteiger partial charge on any atom is 0.343 e. The fraction of sp³-hybridized carbons (Fsp3) is 0.0938. The molecule has 0 aliphatic heterocycles. The zero-order valence-electron chi connectivity index (χ0n) is 22.2. The summed E-state index contributed by atoms with van der Waals surface area (Å²) in [6, 6.07) is 27.5. The standard InChI is InChI=1S/C32H27ClN4O3/c1-20-9-8-11-21(17-20)32(39)40-28-14-7-4-10-22(28)19-34-36-31(38)30-29(24-12-5-6-13-26(24)33)25-18-23(37(2)3)15-16-27(25)35-30/h4-19,35H,1-3H3,(H,36,38). The number of rotatable bonds is 7. The van der Waals surface area contributed by atoms with Crippen LogP contribution in [0, 0.1) is 6.92 Å². The maximum absolute atomic E-state index is 13.4. The van der Waals surface area contributed by atoms with Crippen LogP contribution in [0.25, 0.3) is 22.0 Å². The summed E-state index contributed by atoms with van der Waals surface area (Å²) < 4.78 is 5.62. The van der Waals surface area contributed by atoms with Gasteiger partial charge in [0.1, 0.15) is 11.4 Å². The summed E-state index contributed by atoms with van der Waals surface area (Å²) in [6.07, 6.45) is 1.44. The number of carbonyl (C=O) groups excluding carboxylic acids is 2. The maximum atomic E-state index is 13.4. The quantitative estimate of drug-likeness (QED) is 0.100. The highest BCUT2D eigenvalue weighted by molar-refractivity contribution is 6.34. The number of carbonyl (C=O) groups is 2. The number of esters is 1. The third kappa shape index (κ3) is 5.60. The van der Waals surface area contributed by atoms with Gasteiger partial charge in [0, 0.05) is 52.4 Å². The average molecular weight is 551 g/mol. The van der Waals surface area contributed by atoms with E-state index < -0.39 is 11.9 Å². The van der Waals surface area contributed by atoms with Crippen molar-refractivity contribution in [3.63, 3.8) is 0 Å². The fourth-order valence-electron chi connectivity index (χ4n) is 4.40. The molecule has 0 aliphatic carbocycles. The third-order valence-electron chi connectivity index (χ3n) is 6.41. The first-order chi connectivity index (χ1) is 19.3. The van der Waals surface area contributed by atoms with Crippen molar-refractivity contribution in [3.8, 4) is 16.9 Å². The van der Waals surface area contributed by atoms with Crippen molar-refractivity contribution in [1.29, 1.82) is 0 Å². The van der Waals surface area contributed by atoms with E-state index in [1.54, 1.807) is 48.5 Å². The molecule has 0 bridgehead atoms. The molecule has 0 atom stereocenters. The summed E-state index contributed by atoms with van der Waals surface area (Å²) in [5, 5.41) is 5.56. The number of H-pyrrole nitrogens is 1. The van der Waals surface area contributed by atoms with Gasteiger partial charge in [0.2, 0.25) is 0 Å². The van der Waals surface area contributed by atoms with Gasteiger partial charge in [-0.25, -0.2) is 10.2 Å². The van der Waals surface area contributed by atoms with Gasteiger partial charge in [0.05, 0.1) is 11.8 Å². The van der Waals surface area contributed by atoms with Crippen molar-refractivity contribution < 1.29 is 14.3 Å². The number of para-hydroxylation sites is 1. The monoisotopic (exact) mass is 550 g/mol. The summed E-state index contributed by atoms with van der Waals surface area (Å²) in [5.41, 5.74) is 8.06. The Morgan fingerprint density at radius 3 is 2.50 bits per heavy atom. The van der Waals surface area contributed by atoms with Gasteiger partial charge in [-0.3, -0.25) is 4.79 Å². The topological polar surface area (TPSA) is 86.8 Å². The zero-order valence-corrected chi connectivity index (χ0v) is 23.0. The van der Waals surface area contributed by atoms with E-state index in [0.717, 1.165) is 27.7 Å². The van der Waals surface area contributed by atoms with Crippen LogP contribution in [0.2, 0.25) is 5.02 Å². The molecule has 0 spiro atoms. The fourth-order valence-corrected chi connectivity index (χ4v) is 4.63. The highest BCUT2D eigenvalue weighted by atomic mass is 35.5. The van der Waals surface area contributed by atoms with Gasteiger partial charge < -0.3 is 14.6 Å². The van der Waals surface area contributed by atoms with Crippen LogP contribution in [0.4, 0.5) is 5.69 Å². The Morgan fingerprint density at radius 1 is 0.950 bits per heavy atom. The molecule has 40 heavy (non-hydrogen) atoms. The molecular formula is C32H27ClN4O3. The number of halogens is 1. The van der Waals surface area contributed by atoms with Crippen molar-refractivity contribution in [3.05, 3.63) is 118 Å². The van der Waals surface area contributed by atoms with Crippen LogP contribution in [0.1, 0.15) is 32.0 Å². The highest BCUT2D eigenvalue weighted by Crippen LogP contribution is 2.38. The Kier molecular flexibility index (Phi) is 7.66. The van der Waals surface area contributed by atoms with Crippen molar-refractivity contribution in [1.82, 2.24) is 10.4 Å². The van der Waals surface area contributed by atoms with Crippen LogP contribution in [0.15, 0.2) is 96.1 Å². The molecule has 0 fully saturated rings. The molecule has 7 nitrogen and oxygen atoms in total. The molecule has 0 aliphatic rings. The minimum Gasteiger partial charge on any atom is -0.422 e. The number of ether oxygens (including phenoxy) is 1. The molecule has 0 radical (unpaired) electrons. The lowest BCUT2D eigenvalue weighted by Gasteiger charge is -2.13. The molecule has 200 valence electrons. The Hall–Kier alpha value is -4.88. The largest absolute Gasteiger partial charge is 0.422 e. The lowest BCUT2D eigenvalue weighted by atomic mass is 10.0. The van der Waals surface area contributed by atoms with Crippen LogP contribution in [-0.4, -0.2) is 37.2 Å². The van der Waals surface area contributed by atoms with Crippen molar-refractivity contribution in [2.45, 2.75) is 6.92 Å². The molecule has 0 saturated carbocycles. The minimum absolute atomic E-state index is 0.325. The van der Waals surface area contributed by atoms with Crippen LogP contribution in [0.5, 0.6) is 5.75 Å². The number of aryl methyl sites for hydroxylation is 1. The van der Waals surface area contributed by atoms with Gasteiger partial charge in [-0.15, -0.1) is 0 Å². The number of anilines is 1. The van der Waals surface area contributed by atoms with E-state index in [4.69, 9.17) is 16.3 Å². The summed E-state index contributed by atoms with van der Waals surface area (Å²) in [4.78, 5) is 31.3. The van der Waals surface area contributed by atoms with E-state index in [2.05, 4.69) is 15.5 Å². The van der Waals surface area contributed by atoms with Gasteiger partial charge in [0.25, 0.3) is 5.91 Å². The third-order valence-corrected chi connectivity index (χ3v) is 6.74. The predicted octanol–water partition coefficient (Wildman–Crippen LogP) is 6.85. The Morgan fingerprint density at radius 2 is 1.73 bits per heavy atom. The van der Waals surface area contributed by atoms with Gasteiger partial charge in [-0.2, -0.15) is 5.10 Å². The first kappa shape index (κ1) is 26.7. The summed E-state index contributed by atoms with van der Waals surface area (Å²) in [7, 11) is 3.92. The van der Waals surface area contributed by atoms with Crippen molar-refractivity contribution >= 4 is 46.3 Å². The molecular weight excluding hydrogens is 524 g/mol. The molecule has 0 unspecified atom stereocenters. The Bertz CT molecular complexity index is 1760. The molecule has 1 aromatic heterocycles. The molecule has 0 saturated heterocycles. The predicted molar refractivity (Wildman–Crippen MR) is 161 cm³/mol. The number of fused-ring (bicyclic) bond motifs is 1. The van der Waals surface area contributed by atoms with Crippen molar-refractivity contribution in [2.24, 2.45) is 5.10 Å². The van der Waals surface area contributed by atoms with Gasteiger partial charge in [0.15, 0.2) is 0 Å². The first-order valence-corrected chi connectivity index (χ1v) is 13.0. The van der Waals surface area contributed by atoms with Crippen LogP contribution < -0.4 is 15.1 Å². The number of nitrogens with one attached hydrogen (secondary N) is 2. The number of aromatic nitrogens is 1. The number of hydrazone groups is 1. The van der Waals surface area contributed by atoms with Gasteiger partial charge in [-0.1, -0.05) is 59.6 Å². The summed E-state index contributed by atoms with van der Waals surface area (Å²) in [6.45, 7) is 1.91. The van der Waals surface area contributed by atoms with Gasteiger partial charge >= 0.3 is 5.97 Å². The molecule has 1 amide bonds. The second-order valence-electron chi connectivity index (χ2n) is 9.48. The van der Waals surface area contributed by atoms with E-state index in [1.807, 2.05) is 68.4 Å². The van der Waals surface area contributed by atoms with Crippen LogP contribution in [-0.2, 0) is 0 Å². The Balaban J connectivity index is 1.43. The van der Waals surface area contributed by atoms with E-state index in [9.17, 15) is 9.59 Å². The lowest BCUT2D eigenvalue weighted by Crippen LogP contribution is -2.19. The van der Waals surface area contributed by atoms with E-state index in [1.165, 1.54) is 6.21 Å². The van der Waals surface area contributed by atoms with E-state index in [-0.39, 0.29) is 0 Å². The molecule has 2 N–H and O–H groups in total. The highest BCUT2D eigenvalue weighted by Gasteiger charge is 2.21. The number of nitrogens with zero attached hydrogens (tertiary/aromatic N) is 2. The average Bonchev–Trinajstić information content (AvgIpc) is 3.33.